The van der Waals surface area contributed by atoms with Crippen LogP contribution in [0.4, 0.5) is 0 Å². The first-order chi connectivity index (χ1) is 11.1. The van der Waals surface area contributed by atoms with Gasteiger partial charge >= 0.3 is 0 Å². The molecule has 4 heteroatoms. The lowest BCUT2D eigenvalue weighted by Crippen LogP contribution is -2.54. The van der Waals surface area contributed by atoms with E-state index >= 15 is 0 Å². The van der Waals surface area contributed by atoms with Gasteiger partial charge in [-0.1, -0.05) is 39.3 Å². The Labute approximate surface area is 142 Å². The zero-order valence-electron chi connectivity index (χ0n) is 14.6. The van der Waals surface area contributed by atoms with E-state index in [1.165, 1.54) is 0 Å². The van der Waals surface area contributed by atoms with Gasteiger partial charge in [-0.15, -0.1) is 0 Å². The van der Waals surface area contributed by atoms with Crippen molar-refractivity contribution in [3.8, 4) is 12.1 Å². The van der Waals surface area contributed by atoms with Crippen molar-refractivity contribution < 1.29 is 9.59 Å². The number of carbonyl (C=O) groups is 2. The van der Waals surface area contributed by atoms with Crippen molar-refractivity contribution in [2.45, 2.75) is 47.0 Å². The highest BCUT2D eigenvalue weighted by Crippen LogP contribution is 2.64. The summed E-state index contributed by atoms with van der Waals surface area (Å²) in [5, 5.41) is 18.7. The maximum absolute atomic E-state index is 12.7. The third-order valence-electron chi connectivity index (χ3n) is 6.65. The average molecular weight is 322 g/mol. The van der Waals surface area contributed by atoms with Gasteiger partial charge in [0.15, 0.2) is 11.6 Å². The zero-order valence-corrected chi connectivity index (χ0v) is 14.6. The summed E-state index contributed by atoms with van der Waals surface area (Å²) >= 11 is 0. The first-order valence-electron chi connectivity index (χ1n) is 8.44. The molecule has 0 aromatic heterocycles. The van der Waals surface area contributed by atoms with Crippen molar-refractivity contribution in [3.05, 3.63) is 23.3 Å². The van der Waals surface area contributed by atoms with E-state index in [-0.39, 0.29) is 28.5 Å². The van der Waals surface area contributed by atoms with Crippen LogP contribution < -0.4 is 0 Å². The fourth-order valence-electron chi connectivity index (χ4n) is 5.42. The molecule has 4 atom stereocenters. The van der Waals surface area contributed by atoms with Crippen molar-refractivity contribution in [1.82, 2.24) is 0 Å². The summed E-state index contributed by atoms with van der Waals surface area (Å²) in [7, 11) is 0. The second-order valence-corrected chi connectivity index (χ2v) is 8.50. The molecular weight excluding hydrogens is 300 g/mol. The van der Waals surface area contributed by atoms with Crippen LogP contribution in [0.3, 0.4) is 0 Å². The van der Waals surface area contributed by atoms with Crippen LogP contribution in [0.5, 0.6) is 0 Å². The predicted octanol–water partition coefficient (Wildman–Crippen LogP) is 3.51. The van der Waals surface area contributed by atoms with Crippen LogP contribution in [0.2, 0.25) is 0 Å². The molecule has 0 amide bonds. The van der Waals surface area contributed by atoms with Crippen molar-refractivity contribution in [1.29, 1.82) is 10.5 Å². The first-order valence-corrected chi connectivity index (χ1v) is 8.44. The summed E-state index contributed by atoms with van der Waals surface area (Å²) in [6.07, 6.45) is 5.66. The monoisotopic (exact) mass is 322 g/mol. The molecule has 0 aromatic rings. The second kappa shape index (κ2) is 4.90. The number of allylic oxidation sites excluding steroid dienone is 4. The highest BCUT2D eigenvalue weighted by molar-refractivity contribution is 6.04. The molecule has 1 fully saturated rings. The maximum atomic E-state index is 12.7. The smallest absolute Gasteiger partial charge is 0.178 e. The van der Waals surface area contributed by atoms with E-state index in [0.29, 0.717) is 6.42 Å². The fraction of sp³-hybridized carbons (Fsp3) is 0.600. The summed E-state index contributed by atoms with van der Waals surface area (Å²) in [4.78, 5) is 25.0. The van der Waals surface area contributed by atoms with Crippen LogP contribution in [-0.4, -0.2) is 11.6 Å². The number of ketones is 2. The number of hydrogen-bond acceptors (Lipinski definition) is 4. The first kappa shape index (κ1) is 16.7. The largest absolute Gasteiger partial charge is 0.293 e. The summed E-state index contributed by atoms with van der Waals surface area (Å²) in [5.41, 5.74) is -0.167. The molecule has 3 aliphatic carbocycles. The lowest BCUT2D eigenvalue weighted by atomic mass is 9.44. The van der Waals surface area contributed by atoms with Gasteiger partial charge in [-0.3, -0.25) is 9.59 Å². The molecular formula is C20H22N2O2. The molecule has 0 heterocycles. The molecule has 3 aliphatic rings. The second-order valence-electron chi connectivity index (χ2n) is 8.50. The van der Waals surface area contributed by atoms with Gasteiger partial charge in [0.1, 0.15) is 12.0 Å². The molecule has 0 spiro atoms. The maximum Gasteiger partial charge on any atom is 0.178 e. The van der Waals surface area contributed by atoms with E-state index in [9.17, 15) is 20.1 Å². The lowest BCUT2D eigenvalue weighted by Gasteiger charge is -2.58. The Balaban J connectivity index is 2.24. The van der Waals surface area contributed by atoms with Crippen LogP contribution in [-0.2, 0) is 9.59 Å². The third-order valence-corrected chi connectivity index (χ3v) is 6.65. The molecule has 124 valence electrons. The Morgan fingerprint density at radius 1 is 1.17 bits per heavy atom. The van der Waals surface area contributed by atoms with Gasteiger partial charge in [-0.25, -0.2) is 0 Å². The Morgan fingerprint density at radius 3 is 2.42 bits per heavy atom. The molecule has 4 nitrogen and oxygen atoms in total. The summed E-state index contributed by atoms with van der Waals surface area (Å²) in [5.74, 6) is -0.779. The molecule has 0 aliphatic heterocycles. The molecule has 0 aromatic carbocycles. The fourth-order valence-corrected chi connectivity index (χ4v) is 5.42. The topological polar surface area (TPSA) is 81.7 Å². The third kappa shape index (κ3) is 1.96. The molecule has 24 heavy (non-hydrogen) atoms. The van der Waals surface area contributed by atoms with E-state index in [0.717, 1.165) is 18.4 Å². The van der Waals surface area contributed by atoms with Crippen molar-refractivity contribution in [3.63, 3.8) is 0 Å². The lowest BCUT2D eigenvalue weighted by molar-refractivity contribution is -0.131. The van der Waals surface area contributed by atoms with E-state index in [4.69, 9.17) is 0 Å². The Hall–Kier alpha value is -2.20. The van der Waals surface area contributed by atoms with Gasteiger partial charge in [-0.05, 0) is 36.7 Å². The molecule has 0 saturated heterocycles. The van der Waals surface area contributed by atoms with Crippen molar-refractivity contribution in [2.24, 2.45) is 28.1 Å². The summed E-state index contributed by atoms with van der Waals surface area (Å²) in [6.45, 7) is 7.98. The van der Waals surface area contributed by atoms with Gasteiger partial charge < -0.3 is 0 Å². The molecule has 0 bridgehead atoms. The van der Waals surface area contributed by atoms with Crippen LogP contribution >= 0.6 is 0 Å². The normalized spacial score (nSPS) is 40.4. The number of rotatable bonds is 0. The minimum Gasteiger partial charge on any atom is -0.293 e. The number of carbonyl (C=O) groups excluding carboxylic acids is 2. The number of nitrogens with zero attached hydrogens (tertiary/aromatic N) is 2. The number of hydrogen-bond donors (Lipinski definition) is 0. The van der Waals surface area contributed by atoms with Crippen molar-refractivity contribution >= 4 is 11.6 Å². The average Bonchev–Trinajstić information content (AvgIpc) is 2.52. The molecule has 0 N–H and O–H groups in total. The molecule has 0 radical (unpaired) electrons. The Morgan fingerprint density at radius 2 is 1.83 bits per heavy atom. The van der Waals surface area contributed by atoms with Gasteiger partial charge in [0, 0.05) is 10.8 Å². The number of Topliss-reactive ketones (excluding diaryl/α,β-unsaturated/α-hetero) is 1. The number of nitriles is 2. The Kier molecular flexibility index (Phi) is 3.40. The summed E-state index contributed by atoms with van der Waals surface area (Å²) in [6, 6.07) is 4.18. The number of fused-ring (bicyclic) bond motifs is 3. The van der Waals surface area contributed by atoms with Gasteiger partial charge in [-0.2, -0.15) is 10.5 Å². The zero-order chi connectivity index (χ0) is 17.9. The van der Waals surface area contributed by atoms with Crippen LogP contribution in [0.1, 0.15) is 47.0 Å². The van der Waals surface area contributed by atoms with Gasteiger partial charge in [0.2, 0.25) is 0 Å². The minimum absolute atomic E-state index is 0.0559. The quantitative estimate of drug-likeness (QED) is 0.683. The van der Waals surface area contributed by atoms with E-state index in [1.54, 1.807) is 12.2 Å². The SMILES string of the molecule is CC1(C)C(=O)C(C#N)=C[C@]2(C)C3=CC(=O)[C@H](C#N)C[C@]3(C)CC[C@@H]12. The predicted molar refractivity (Wildman–Crippen MR) is 88.2 cm³/mol. The molecule has 1 saturated carbocycles. The Bertz CT molecular complexity index is 789. The summed E-state index contributed by atoms with van der Waals surface area (Å²) < 4.78 is 0. The van der Waals surface area contributed by atoms with E-state index < -0.39 is 16.7 Å². The van der Waals surface area contributed by atoms with Gasteiger partial charge in [0.05, 0.1) is 11.6 Å². The van der Waals surface area contributed by atoms with E-state index in [1.807, 2.05) is 20.8 Å². The highest BCUT2D eigenvalue weighted by Gasteiger charge is 2.59. The van der Waals surface area contributed by atoms with Crippen LogP contribution in [0.25, 0.3) is 0 Å². The van der Waals surface area contributed by atoms with E-state index in [2.05, 4.69) is 19.1 Å². The molecule has 0 unspecified atom stereocenters. The van der Waals surface area contributed by atoms with Gasteiger partial charge in [0.25, 0.3) is 0 Å². The minimum atomic E-state index is -0.633. The van der Waals surface area contributed by atoms with Crippen LogP contribution in [0.15, 0.2) is 23.3 Å². The standard InChI is InChI=1S/C20H22N2O2/c1-18(2)15-5-6-19(3)8-12(10-21)14(23)7-16(19)20(15,4)9-13(11-22)17(18)24/h7,9,12,15H,5-6,8H2,1-4H3/t12-,15-,19-,20-/m0/s1. The van der Waals surface area contributed by atoms with Crippen molar-refractivity contribution in [2.75, 3.05) is 0 Å². The molecule has 3 rings (SSSR count). The highest BCUT2D eigenvalue weighted by atomic mass is 16.1. The van der Waals surface area contributed by atoms with Crippen LogP contribution in [0, 0.1) is 50.7 Å².